The molecule has 0 atom stereocenters. The van der Waals surface area contributed by atoms with Gasteiger partial charge in [0.15, 0.2) is 0 Å². The third-order valence-electron chi connectivity index (χ3n) is 4.37. The van der Waals surface area contributed by atoms with Crippen molar-refractivity contribution in [2.75, 3.05) is 5.32 Å². The minimum atomic E-state index is -0.753. The van der Waals surface area contributed by atoms with Gasteiger partial charge in [-0.2, -0.15) is 5.10 Å². The van der Waals surface area contributed by atoms with Crippen LogP contribution in [0.15, 0.2) is 24.3 Å². The van der Waals surface area contributed by atoms with E-state index in [-0.39, 0.29) is 17.8 Å². The summed E-state index contributed by atoms with van der Waals surface area (Å²) in [5, 5.41) is 17.7. The van der Waals surface area contributed by atoms with Crippen LogP contribution in [0, 0.1) is 43.6 Å². The number of anilines is 1. The maximum Gasteiger partial charge on any atom is 0.271 e. The second-order valence-corrected chi connectivity index (χ2v) is 6.66. The van der Waals surface area contributed by atoms with Crippen molar-refractivity contribution in [3.05, 3.63) is 68.5 Å². The van der Waals surface area contributed by atoms with E-state index in [1.54, 1.807) is 18.5 Å². The molecule has 0 bridgehead atoms. The molecule has 0 aliphatic heterocycles. The van der Waals surface area contributed by atoms with Crippen molar-refractivity contribution in [3.63, 3.8) is 0 Å². The van der Waals surface area contributed by atoms with E-state index in [1.807, 2.05) is 19.9 Å². The van der Waals surface area contributed by atoms with Crippen molar-refractivity contribution in [2.45, 2.75) is 34.1 Å². The third-order valence-corrected chi connectivity index (χ3v) is 4.37. The maximum absolute atomic E-state index is 13.9. The zero-order chi connectivity index (χ0) is 21.3. The molecule has 3 rings (SSSR count). The molecule has 0 fully saturated rings. The van der Waals surface area contributed by atoms with Gasteiger partial charge in [-0.15, -0.1) is 0 Å². The average molecular weight is 398 g/mol. The van der Waals surface area contributed by atoms with E-state index in [0.29, 0.717) is 22.9 Å². The van der Waals surface area contributed by atoms with Gasteiger partial charge >= 0.3 is 0 Å². The van der Waals surface area contributed by atoms with Gasteiger partial charge in [0, 0.05) is 34.8 Å². The van der Waals surface area contributed by atoms with Crippen molar-refractivity contribution >= 4 is 17.3 Å². The van der Waals surface area contributed by atoms with Gasteiger partial charge in [-0.05, 0) is 39.8 Å². The Bertz CT molecular complexity index is 1110. The van der Waals surface area contributed by atoms with E-state index in [0.717, 1.165) is 29.6 Å². The quantitative estimate of drug-likeness (QED) is 0.521. The van der Waals surface area contributed by atoms with E-state index in [2.05, 4.69) is 20.4 Å². The summed E-state index contributed by atoms with van der Waals surface area (Å²) in [5.41, 5.74) is 2.97. The maximum atomic E-state index is 13.9. The standard InChI is InChI=1S/C19H19FN6O3/c1-10-7-11(2)22-19(21-10)25-13(4)15(12(3)24-25)9-18(27)23-17-8-14(26(28)29)5-6-16(17)20/h5-8H,9H2,1-4H3,(H,23,27). The monoisotopic (exact) mass is 398 g/mol. The molecule has 1 amide bonds. The van der Waals surface area contributed by atoms with Crippen LogP contribution in [-0.4, -0.2) is 30.6 Å². The Morgan fingerprint density at radius 3 is 2.45 bits per heavy atom. The topological polar surface area (TPSA) is 116 Å². The Kier molecular flexibility index (Phi) is 5.35. The Balaban J connectivity index is 1.86. The minimum Gasteiger partial charge on any atom is -0.323 e. The molecule has 150 valence electrons. The normalized spacial score (nSPS) is 10.8. The van der Waals surface area contributed by atoms with Crippen molar-refractivity contribution in [3.8, 4) is 5.95 Å². The van der Waals surface area contributed by atoms with Crippen LogP contribution in [0.4, 0.5) is 15.8 Å². The van der Waals surface area contributed by atoms with Gasteiger partial charge in [0.25, 0.3) is 11.6 Å². The van der Waals surface area contributed by atoms with Crippen LogP contribution in [0.2, 0.25) is 0 Å². The first-order chi connectivity index (χ1) is 13.7. The molecular weight excluding hydrogens is 379 g/mol. The van der Waals surface area contributed by atoms with Gasteiger partial charge in [-0.3, -0.25) is 14.9 Å². The van der Waals surface area contributed by atoms with Crippen molar-refractivity contribution in [2.24, 2.45) is 0 Å². The fourth-order valence-electron chi connectivity index (χ4n) is 3.01. The van der Waals surface area contributed by atoms with Crippen molar-refractivity contribution in [1.29, 1.82) is 0 Å². The van der Waals surface area contributed by atoms with E-state index in [9.17, 15) is 19.3 Å². The number of hydrogen-bond donors (Lipinski definition) is 1. The molecule has 0 saturated heterocycles. The Morgan fingerprint density at radius 2 is 1.83 bits per heavy atom. The van der Waals surface area contributed by atoms with Crippen LogP contribution in [0.3, 0.4) is 0 Å². The van der Waals surface area contributed by atoms with E-state index in [1.165, 1.54) is 0 Å². The lowest BCUT2D eigenvalue weighted by atomic mass is 10.1. The molecule has 10 heteroatoms. The predicted molar refractivity (Wildman–Crippen MR) is 103 cm³/mol. The number of carbonyl (C=O) groups is 1. The zero-order valence-electron chi connectivity index (χ0n) is 16.4. The first kappa shape index (κ1) is 20.1. The Hall–Kier alpha value is -3.69. The Labute approximate surface area is 165 Å². The third kappa shape index (κ3) is 4.26. The lowest BCUT2D eigenvalue weighted by Crippen LogP contribution is -2.16. The molecule has 0 aliphatic rings. The summed E-state index contributed by atoms with van der Waals surface area (Å²) >= 11 is 0. The van der Waals surface area contributed by atoms with Gasteiger partial charge in [-0.25, -0.2) is 19.0 Å². The largest absolute Gasteiger partial charge is 0.323 e. The zero-order valence-corrected chi connectivity index (χ0v) is 16.4. The number of aromatic nitrogens is 4. The summed E-state index contributed by atoms with van der Waals surface area (Å²) in [6.45, 7) is 7.25. The lowest BCUT2D eigenvalue weighted by Gasteiger charge is -2.08. The summed E-state index contributed by atoms with van der Waals surface area (Å²) in [6, 6.07) is 4.81. The summed E-state index contributed by atoms with van der Waals surface area (Å²) in [7, 11) is 0. The smallest absolute Gasteiger partial charge is 0.271 e. The number of nitro groups is 1. The van der Waals surface area contributed by atoms with E-state index >= 15 is 0 Å². The molecule has 3 aromatic rings. The number of amides is 1. The predicted octanol–water partition coefficient (Wildman–Crippen LogP) is 3.12. The van der Waals surface area contributed by atoms with Gasteiger partial charge in [-0.1, -0.05) is 0 Å². The highest BCUT2D eigenvalue weighted by Crippen LogP contribution is 2.22. The fourth-order valence-corrected chi connectivity index (χ4v) is 3.01. The van der Waals surface area contributed by atoms with Crippen LogP contribution in [0.5, 0.6) is 0 Å². The number of nitrogens with zero attached hydrogens (tertiary/aromatic N) is 5. The SMILES string of the molecule is Cc1cc(C)nc(-n2nc(C)c(CC(=O)Nc3cc([N+](=O)[O-])ccc3F)c2C)n1. The average Bonchev–Trinajstić information content (AvgIpc) is 2.90. The minimum absolute atomic E-state index is 0.0788. The molecule has 0 radical (unpaired) electrons. The van der Waals surface area contributed by atoms with Crippen LogP contribution >= 0.6 is 0 Å². The number of halogens is 1. The lowest BCUT2D eigenvalue weighted by molar-refractivity contribution is -0.384. The molecule has 9 nitrogen and oxygen atoms in total. The highest BCUT2D eigenvalue weighted by atomic mass is 19.1. The van der Waals surface area contributed by atoms with Crippen LogP contribution in [0.1, 0.15) is 28.3 Å². The van der Waals surface area contributed by atoms with Gasteiger partial charge in [0.1, 0.15) is 5.82 Å². The molecule has 2 heterocycles. The number of carbonyl (C=O) groups excluding carboxylic acids is 1. The highest BCUT2D eigenvalue weighted by Gasteiger charge is 2.19. The first-order valence-electron chi connectivity index (χ1n) is 8.77. The van der Waals surface area contributed by atoms with Crippen LogP contribution in [0.25, 0.3) is 5.95 Å². The second kappa shape index (κ2) is 7.74. The summed E-state index contributed by atoms with van der Waals surface area (Å²) < 4.78 is 15.5. The number of benzene rings is 1. The van der Waals surface area contributed by atoms with Gasteiger partial charge < -0.3 is 5.32 Å². The fraction of sp³-hybridized carbons (Fsp3) is 0.263. The number of nitrogens with one attached hydrogen (secondary N) is 1. The molecule has 1 aromatic carbocycles. The summed E-state index contributed by atoms with van der Waals surface area (Å²) in [4.78, 5) is 31.4. The molecule has 29 heavy (non-hydrogen) atoms. The number of rotatable bonds is 5. The number of nitro benzene ring substituents is 1. The molecular formula is C19H19FN6O3. The van der Waals surface area contributed by atoms with Crippen LogP contribution < -0.4 is 5.32 Å². The molecule has 2 aromatic heterocycles. The van der Waals surface area contributed by atoms with E-state index in [4.69, 9.17) is 0 Å². The molecule has 0 saturated carbocycles. The molecule has 0 aliphatic carbocycles. The molecule has 0 unspecified atom stereocenters. The highest BCUT2D eigenvalue weighted by molar-refractivity contribution is 5.93. The number of hydrogen-bond acceptors (Lipinski definition) is 6. The van der Waals surface area contributed by atoms with Crippen molar-refractivity contribution < 1.29 is 14.1 Å². The second-order valence-electron chi connectivity index (χ2n) is 6.66. The number of non-ortho nitro benzene ring substituents is 1. The van der Waals surface area contributed by atoms with Crippen molar-refractivity contribution in [1.82, 2.24) is 19.7 Å². The van der Waals surface area contributed by atoms with Gasteiger partial charge in [0.05, 0.1) is 22.7 Å². The molecule has 0 spiro atoms. The van der Waals surface area contributed by atoms with Gasteiger partial charge in [0.2, 0.25) is 5.91 Å². The number of aryl methyl sites for hydroxylation is 3. The Morgan fingerprint density at radius 1 is 1.17 bits per heavy atom. The van der Waals surface area contributed by atoms with Crippen LogP contribution in [-0.2, 0) is 11.2 Å². The summed E-state index contributed by atoms with van der Waals surface area (Å²) in [6.07, 6.45) is -0.0788. The molecule has 1 N–H and O–H groups in total. The summed E-state index contributed by atoms with van der Waals surface area (Å²) in [5.74, 6) is -0.868. The first-order valence-corrected chi connectivity index (χ1v) is 8.77. The van der Waals surface area contributed by atoms with E-state index < -0.39 is 16.6 Å².